The largest absolute Gasteiger partial charge is 3.00 e. The topological polar surface area (TPSA) is 61.4 Å². The molecular weight excluding hydrogens is 1120 g/mol. The van der Waals surface area contributed by atoms with Crippen LogP contribution in [0.25, 0.3) is 112 Å². The van der Waals surface area contributed by atoms with Gasteiger partial charge in [0.15, 0.2) is 11.6 Å². The van der Waals surface area contributed by atoms with Crippen molar-refractivity contribution in [1.82, 2.24) is 29.1 Å². The Labute approximate surface area is 466 Å². The van der Waals surface area contributed by atoms with E-state index in [2.05, 4.69) is 148 Å². The quantitative estimate of drug-likeness (QED) is 0.149. The van der Waals surface area contributed by atoms with Crippen LogP contribution in [0, 0.1) is 32.0 Å². The molecule has 4 aromatic heterocycles. The van der Waals surface area contributed by atoms with Crippen LogP contribution in [0.3, 0.4) is 0 Å². The second kappa shape index (κ2) is 22.6. The zero-order chi connectivity index (χ0) is 53.7. The van der Waals surface area contributed by atoms with E-state index in [9.17, 15) is 0 Å². The predicted molar refractivity (Wildman–Crippen MR) is 312 cm³/mol. The third kappa shape index (κ3) is 10.3. The van der Waals surface area contributed by atoms with Crippen LogP contribution in [0.5, 0.6) is 0 Å². The second-order valence-electron chi connectivity index (χ2n) is 18.2. The summed E-state index contributed by atoms with van der Waals surface area (Å²) in [4.78, 5) is 19.8. The van der Waals surface area contributed by atoms with Gasteiger partial charge in [-0.2, -0.15) is 58.5 Å². The van der Waals surface area contributed by atoms with Crippen LogP contribution in [-0.2, 0) is 20.1 Å². The van der Waals surface area contributed by atoms with E-state index in [1.54, 1.807) is 12.1 Å². The zero-order valence-corrected chi connectivity index (χ0v) is 44.2. The van der Waals surface area contributed by atoms with Crippen LogP contribution in [0.2, 0.25) is 0 Å². The molecule has 0 aliphatic carbocycles. The molecule has 0 unspecified atom stereocenters. The van der Waals surface area contributed by atoms with Crippen molar-refractivity contribution >= 4 is 43.6 Å². The van der Waals surface area contributed by atoms with Crippen LogP contribution in [-0.4, -0.2) is 29.1 Å². The smallest absolute Gasteiger partial charge is 0.309 e. The number of rotatable bonds is 7. The Bertz CT molecular complexity index is 4330. The molecule has 0 saturated carbocycles. The van der Waals surface area contributed by atoms with Gasteiger partial charge in [0, 0.05) is 54.2 Å². The molecule has 10 aromatic carbocycles. The van der Waals surface area contributed by atoms with E-state index in [4.69, 9.17) is 19.1 Å². The molecule has 0 atom stereocenters. The molecule has 0 aliphatic rings. The van der Waals surface area contributed by atoms with Gasteiger partial charge in [-0.05, 0) is 54.1 Å². The number of nitrogens with zero attached hydrogens (tertiary/aromatic N) is 6. The summed E-state index contributed by atoms with van der Waals surface area (Å²) in [5.41, 5.74) is 15.1. The first kappa shape index (κ1) is 46.2. The van der Waals surface area contributed by atoms with Crippen molar-refractivity contribution < 1.29 is 24.2 Å². The number of para-hydroxylation sites is 3. The first-order valence-corrected chi connectivity index (χ1v) is 25.1. The van der Waals surface area contributed by atoms with Gasteiger partial charge in [-0.15, -0.1) is 47.5 Å². The normalized spacial score (nSPS) is 11.6. The van der Waals surface area contributed by atoms with E-state index < -0.39 is 6.85 Å². The minimum Gasteiger partial charge on any atom is -0.309 e. The minimum absolute atomic E-state index is 0. The van der Waals surface area contributed by atoms with Crippen molar-refractivity contribution in [3.8, 4) is 67.9 Å². The Hall–Kier alpha value is -9.39. The summed E-state index contributed by atoms with van der Waals surface area (Å²) >= 11 is 0. The van der Waals surface area contributed by atoms with Crippen molar-refractivity contribution in [2.45, 2.75) is 13.8 Å². The third-order valence-corrected chi connectivity index (χ3v) is 13.4. The number of aryl methyl sites for hydroxylation is 2. The van der Waals surface area contributed by atoms with Crippen molar-refractivity contribution in [3.05, 3.63) is 290 Å². The molecule has 0 spiro atoms. The standard InChI is InChI=1S/C39H25N5.C18H14N.C13H10.Ir/c1-4-14-26(15-5-1)37-40-38(27-16-6-2-7-17-27)42-39(41-37)44-32-22-12-10-20-29(32)30-24-25-34-35(36(30)44)31-21-11-13-23-33(31)43(34)28-18-8-3-9-19-28;1-14-12-18(16-10-6-3-7-11-16)19-13-17(14)15-8-4-2-5-9-15;1-11-7-9-13(10-8-11)12-5-3-2-4-6-12;/h1-25H;2-10,12-13H,1H3;2-5,7-9H,1H3;/q;-1;-2;+3/i;;1D3;. The summed E-state index contributed by atoms with van der Waals surface area (Å²) in [5, 5.41) is 4.67. The number of pyridine rings is 1. The predicted octanol–water partition coefficient (Wildman–Crippen LogP) is 17.2. The number of aromatic nitrogens is 6. The Balaban J connectivity index is 0.000000154. The van der Waals surface area contributed by atoms with E-state index in [-0.39, 0.29) is 20.1 Å². The Morgan fingerprint density at radius 2 is 0.987 bits per heavy atom. The maximum absolute atomic E-state index is 7.25. The van der Waals surface area contributed by atoms with Gasteiger partial charge in [0.2, 0.25) is 5.95 Å². The molecule has 0 fully saturated rings. The Morgan fingerprint density at radius 3 is 1.57 bits per heavy atom. The molecule has 14 aromatic rings. The fourth-order valence-corrected chi connectivity index (χ4v) is 9.80. The van der Waals surface area contributed by atoms with Gasteiger partial charge < -0.3 is 9.55 Å². The van der Waals surface area contributed by atoms with Crippen molar-refractivity contribution in [3.63, 3.8) is 0 Å². The van der Waals surface area contributed by atoms with Gasteiger partial charge in [-0.3, -0.25) is 4.57 Å². The van der Waals surface area contributed by atoms with Crippen LogP contribution in [0.15, 0.2) is 261 Å². The van der Waals surface area contributed by atoms with E-state index in [1.807, 2.05) is 134 Å². The van der Waals surface area contributed by atoms with E-state index in [0.717, 1.165) is 72.0 Å². The van der Waals surface area contributed by atoms with Gasteiger partial charge in [0.25, 0.3) is 0 Å². The maximum Gasteiger partial charge on any atom is 3.00 e. The average molecular weight is 1170 g/mol. The van der Waals surface area contributed by atoms with Crippen LogP contribution >= 0.6 is 0 Å². The molecule has 6 nitrogen and oxygen atoms in total. The number of hydrogen-bond donors (Lipinski definition) is 0. The number of fused-ring (bicyclic) bond motifs is 7. The monoisotopic (exact) mass is 1170 g/mol. The van der Waals surface area contributed by atoms with E-state index in [0.29, 0.717) is 23.2 Å². The summed E-state index contributed by atoms with van der Waals surface area (Å²) in [6.07, 6.45) is 1.95. The number of benzene rings is 10. The molecule has 0 aliphatic heterocycles. The molecule has 7 heteroatoms. The summed E-state index contributed by atoms with van der Waals surface area (Å²) < 4.78 is 26.3. The summed E-state index contributed by atoms with van der Waals surface area (Å²) in [5.74, 6) is 1.87. The molecule has 0 radical (unpaired) electrons. The molecule has 0 saturated heterocycles. The Kier molecular flexibility index (Phi) is 13.6. The van der Waals surface area contributed by atoms with Crippen molar-refractivity contribution in [2.24, 2.45) is 0 Å². The molecule has 0 N–H and O–H groups in total. The Morgan fingerprint density at radius 1 is 0.442 bits per heavy atom. The third-order valence-electron chi connectivity index (χ3n) is 13.4. The van der Waals surface area contributed by atoms with Crippen LogP contribution in [0.1, 0.15) is 15.2 Å². The second-order valence-corrected chi connectivity index (χ2v) is 18.2. The van der Waals surface area contributed by atoms with E-state index >= 15 is 0 Å². The van der Waals surface area contributed by atoms with E-state index in [1.165, 1.54) is 33.5 Å². The molecular formula is C70H49IrN6. The summed E-state index contributed by atoms with van der Waals surface area (Å²) in [7, 11) is 0. The molecule has 4 heterocycles. The van der Waals surface area contributed by atoms with Gasteiger partial charge in [-0.1, -0.05) is 165 Å². The SMILES string of the molecule is Cc1cc(-c2[c-]cccc2)ncc1-c1ccccc1.[2H]C([2H])([2H])c1c[c-]c(-c2[c-]cccc2)cc1.[Ir+3].c1ccc(-c2nc(-c3ccccc3)nc(-n3c4ccccc4c4ccc5c(c6ccccc6n5-c5ccccc5)c43)n2)cc1. The summed E-state index contributed by atoms with van der Waals surface area (Å²) in [6, 6.07) is 94.6. The fraction of sp³-hybridized carbons (Fsp3) is 0.0286. The molecule has 368 valence electrons. The van der Waals surface area contributed by atoms with Crippen LogP contribution in [0.4, 0.5) is 0 Å². The van der Waals surface area contributed by atoms with Gasteiger partial charge in [0.05, 0.1) is 22.1 Å². The van der Waals surface area contributed by atoms with Crippen molar-refractivity contribution in [1.29, 1.82) is 0 Å². The van der Waals surface area contributed by atoms with Gasteiger partial charge in [-0.25, -0.2) is 16.1 Å². The molecule has 14 rings (SSSR count). The zero-order valence-electron chi connectivity index (χ0n) is 44.8. The molecule has 0 amide bonds. The fourth-order valence-electron chi connectivity index (χ4n) is 9.80. The minimum atomic E-state index is -2.06. The number of hydrogen-bond acceptors (Lipinski definition) is 4. The van der Waals surface area contributed by atoms with Crippen LogP contribution < -0.4 is 0 Å². The average Bonchev–Trinajstić information content (AvgIpc) is 4.16. The van der Waals surface area contributed by atoms with Gasteiger partial charge in [0.1, 0.15) is 0 Å². The first-order valence-electron chi connectivity index (χ1n) is 26.6. The molecule has 77 heavy (non-hydrogen) atoms. The first-order chi connectivity index (χ1) is 38.8. The maximum atomic E-state index is 7.25. The van der Waals surface area contributed by atoms with Crippen molar-refractivity contribution in [2.75, 3.05) is 0 Å². The summed E-state index contributed by atoms with van der Waals surface area (Å²) in [6.45, 7) is 0.0614. The van der Waals surface area contributed by atoms with Gasteiger partial charge >= 0.3 is 20.1 Å². The molecule has 0 bridgehead atoms.